The zero-order chi connectivity index (χ0) is 44.8. The number of alkyl carbamates (subject to hydrolysis) is 2. The topological polar surface area (TPSA) is 306 Å². The van der Waals surface area contributed by atoms with Crippen molar-refractivity contribution in [2.24, 2.45) is 34.7 Å². The summed E-state index contributed by atoms with van der Waals surface area (Å²) in [5.74, 6) is 5.99. The molecule has 3 atom stereocenters. The van der Waals surface area contributed by atoms with Crippen molar-refractivity contribution in [3.8, 4) is 0 Å². The van der Waals surface area contributed by atoms with E-state index in [1.165, 1.54) is 18.1 Å². The Hall–Kier alpha value is -2.82. The van der Waals surface area contributed by atoms with Gasteiger partial charge in [0.25, 0.3) is 0 Å². The number of hydrogen-bond acceptors (Lipinski definition) is 16. The molecule has 20 heteroatoms. The Kier molecular flexibility index (Phi) is 42.5. The molecule has 0 fully saturated rings. The van der Waals surface area contributed by atoms with Gasteiger partial charge in [-0.15, -0.1) is 5.53 Å². The van der Waals surface area contributed by atoms with Crippen molar-refractivity contribution >= 4 is 35.9 Å². The van der Waals surface area contributed by atoms with Crippen LogP contribution >= 0.6 is 0 Å². The van der Waals surface area contributed by atoms with E-state index in [1.54, 1.807) is 6.29 Å². The Bertz CT molecular complexity index is 1250. The van der Waals surface area contributed by atoms with Crippen LogP contribution in [0.5, 0.6) is 0 Å². The molecule has 19 nitrogen and oxygen atoms in total. The van der Waals surface area contributed by atoms with Crippen molar-refractivity contribution in [3.63, 3.8) is 0 Å². The molecular weight excluding hydrogens is 802 g/mol. The first kappa shape index (κ1) is 61.5. The normalized spacial score (nSPS) is 13.2. The molecule has 342 valence electrons. The third-order valence-corrected chi connectivity index (χ3v) is 8.76. The maximum atomic E-state index is 12.0. The molecule has 60 heavy (non-hydrogen) atoms. The summed E-state index contributed by atoms with van der Waals surface area (Å²) < 4.78 is 10.1. The summed E-state index contributed by atoms with van der Waals surface area (Å²) in [6.45, 7) is 11.9. The van der Waals surface area contributed by atoms with Crippen LogP contribution in [0.25, 0.3) is 0 Å². The maximum Gasteiger partial charge on any atom is 1.00 e. The van der Waals surface area contributed by atoms with Crippen LogP contribution in [0, 0.1) is 5.92 Å². The summed E-state index contributed by atoms with van der Waals surface area (Å²) in [5, 5.41) is 8.59. The summed E-state index contributed by atoms with van der Waals surface area (Å²) in [5.41, 5.74) is 29.0. The Morgan fingerprint density at radius 2 is 1.47 bits per heavy atom. The Labute approximate surface area is 401 Å². The number of unbranched alkanes of at least 4 members (excludes halogenated alkanes) is 6. The summed E-state index contributed by atoms with van der Waals surface area (Å²) in [7, 11) is 0. The average molecular weight is 880 g/mol. The van der Waals surface area contributed by atoms with Gasteiger partial charge in [0.15, 0.2) is 0 Å². The smallest absolute Gasteiger partial charge is 0.540 e. The van der Waals surface area contributed by atoms with E-state index in [-0.39, 0.29) is 82.2 Å². The molecule has 1 aliphatic rings. The number of carbonyl (C=O) groups excluding carboxylic acids is 6. The fourth-order valence-electron chi connectivity index (χ4n) is 5.29. The van der Waals surface area contributed by atoms with E-state index in [2.05, 4.69) is 28.5 Å². The monoisotopic (exact) mass is 880 g/mol. The number of hydrogen-bond donors (Lipinski definition) is 9. The molecule has 0 radical (unpaired) electrons. The van der Waals surface area contributed by atoms with Crippen LogP contribution in [0.15, 0.2) is 23.8 Å². The van der Waals surface area contributed by atoms with Gasteiger partial charge in [0.1, 0.15) is 24.8 Å². The summed E-state index contributed by atoms with van der Waals surface area (Å²) in [6, 6.07) is -0.992. The summed E-state index contributed by atoms with van der Waals surface area (Å²) in [6.07, 6.45) is 16.4. The number of hydrazine groups is 3. The van der Waals surface area contributed by atoms with Gasteiger partial charge >= 0.3 is 63.6 Å². The molecule has 1 aliphatic heterocycles. The van der Waals surface area contributed by atoms with Gasteiger partial charge in [-0.25, -0.2) is 21.7 Å². The number of amides is 3. The number of nitrogens with one attached hydrogen (secondary N) is 4. The van der Waals surface area contributed by atoms with Gasteiger partial charge in [-0.1, -0.05) is 65.8 Å². The largest absolute Gasteiger partial charge is 1.00 e. The van der Waals surface area contributed by atoms with E-state index in [0.29, 0.717) is 63.2 Å². The first-order chi connectivity index (χ1) is 28.2. The SMILES string of the molecule is CC.CC(=O)C(N)CCCCNC(=O)OC/C(N)=C/N(N)CCCCCC(N)=O.CCCC(C)C(=O)CCCCCN1C=C(COC(=O)NCCCCC(N)[C-]=O)NN1.[K+]. The van der Waals surface area contributed by atoms with Crippen LogP contribution in [-0.2, 0) is 28.7 Å². The van der Waals surface area contributed by atoms with Crippen molar-refractivity contribution < 1.29 is 89.6 Å². The number of primary amides is 1. The number of ketones is 2. The number of Topliss-reactive ketones (excluding diaryl/α,β-unsaturated/α-hetero) is 2. The Morgan fingerprint density at radius 1 is 0.867 bits per heavy atom. The van der Waals surface area contributed by atoms with Crippen molar-refractivity contribution in [2.45, 2.75) is 149 Å². The van der Waals surface area contributed by atoms with Gasteiger partial charge in [0, 0.05) is 57.3 Å². The number of nitrogens with zero attached hydrogens (tertiary/aromatic N) is 2. The number of ether oxygens (including phenoxy) is 2. The molecular formula is C40H78KN11O8. The molecule has 0 aromatic carbocycles. The quantitative estimate of drug-likeness (QED) is 0.0140. The van der Waals surface area contributed by atoms with Gasteiger partial charge < -0.3 is 58.3 Å². The second-order valence-corrected chi connectivity index (χ2v) is 14.2. The number of rotatable bonds is 32. The van der Waals surface area contributed by atoms with E-state index in [0.717, 1.165) is 82.9 Å². The van der Waals surface area contributed by atoms with E-state index in [1.807, 2.05) is 32.0 Å². The third-order valence-electron chi connectivity index (χ3n) is 8.76. The molecule has 0 aromatic heterocycles. The van der Waals surface area contributed by atoms with Crippen LogP contribution in [-0.4, -0.2) is 97.4 Å². The van der Waals surface area contributed by atoms with Crippen LogP contribution in [0.1, 0.15) is 137 Å². The van der Waals surface area contributed by atoms with Crippen LogP contribution < -0.4 is 102 Å². The van der Waals surface area contributed by atoms with Crippen molar-refractivity contribution in [2.75, 3.05) is 39.4 Å². The molecule has 0 aliphatic carbocycles. The molecule has 0 spiro atoms. The first-order valence-electron chi connectivity index (χ1n) is 21.2. The van der Waals surface area contributed by atoms with Crippen molar-refractivity contribution in [3.05, 3.63) is 23.8 Å². The maximum absolute atomic E-state index is 12.0. The molecule has 0 aromatic rings. The first-order valence-corrected chi connectivity index (χ1v) is 21.2. The second kappa shape index (κ2) is 41.5. The van der Waals surface area contributed by atoms with Crippen molar-refractivity contribution in [1.29, 1.82) is 0 Å². The number of carbonyl (C=O) groups is 5. The van der Waals surface area contributed by atoms with Gasteiger partial charge in [0.05, 0.1) is 17.4 Å². The molecule has 3 amide bonds. The van der Waals surface area contributed by atoms with Gasteiger partial charge in [-0.3, -0.25) is 19.4 Å². The molecule has 14 N–H and O–H groups in total. The molecule has 0 saturated heterocycles. The summed E-state index contributed by atoms with van der Waals surface area (Å²) in [4.78, 5) is 67.1. The fraction of sp³-hybridized carbons (Fsp3) is 0.750. The molecule has 1 heterocycles. The molecule has 0 saturated carbocycles. The van der Waals surface area contributed by atoms with E-state index < -0.39 is 24.3 Å². The molecule has 1 rings (SSSR count). The minimum Gasteiger partial charge on any atom is -0.540 e. The minimum absolute atomic E-state index is 0. The van der Waals surface area contributed by atoms with E-state index in [4.69, 9.17) is 38.3 Å². The Morgan fingerprint density at radius 3 is 2.07 bits per heavy atom. The third kappa shape index (κ3) is 38.1. The molecule has 0 bridgehead atoms. The molecule has 3 unspecified atom stereocenters. The van der Waals surface area contributed by atoms with E-state index in [9.17, 15) is 28.8 Å². The van der Waals surface area contributed by atoms with Gasteiger partial charge in [-0.05, 0) is 64.7 Å². The zero-order valence-corrected chi connectivity index (χ0v) is 40.6. The zero-order valence-electron chi connectivity index (χ0n) is 37.5. The second-order valence-electron chi connectivity index (χ2n) is 14.2. The number of nitrogens with two attached hydrogens (primary N) is 5. The predicted molar refractivity (Wildman–Crippen MR) is 230 cm³/mol. The fourth-order valence-corrected chi connectivity index (χ4v) is 5.29. The van der Waals surface area contributed by atoms with E-state index >= 15 is 0 Å². The van der Waals surface area contributed by atoms with Gasteiger partial charge in [0.2, 0.25) is 5.91 Å². The van der Waals surface area contributed by atoms with Crippen LogP contribution in [0.2, 0.25) is 0 Å². The Balaban J connectivity index is -0.00000103. The van der Waals surface area contributed by atoms with Crippen molar-refractivity contribution in [1.82, 2.24) is 31.6 Å². The summed E-state index contributed by atoms with van der Waals surface area (Å²) >= 11 is 0. The minimum atomic E-state index is -0.572. The van der Waals surface area contributed by atoms with Gasteiger partial charge in [-0.2, -0.15) is 0 Å². The standard InChI is InChI=1S/C21H38N5O4.C17H34N6O4.C2H6.K/c1-3-9-17(2)20(28)11-5-4-8-13-26-14-19(24-25-26)16-30-21(29)23-12-7-6-10-18(22)15-27;1-13(24)15(19)7-4-5-9-22-17(26)27-12-14(18)11-23(21)10-6-2-3-8-16(20)25;1-2;/h14,17-18,24-25H,3-13,16,22H2,1-2H3,(H,23,29);11,15H,2-10,12,18-19,21H2,1H3,(H2,20,25)(H,22,26);1-2H3;/q-1;;;+1/b;14-11-;;. The average Bonchev–Trinajstić information content (AvgIpc) is 3.66. The predicted octanol–water partition coefficient (Wildman–Crippen LogP) is -0.0973. The van der Waals surface area contributed by atoms with Crippen LogP contribution in [0.3, 0.4) is 0 Å². The van der Waals surface area contributed by atoms with Crippen LogP contribution in [0.4, 0.5) is 9.59 Å².